The minimum atomic E-state index is -2.12. The van der Waals surface area contributed by atoms with Crippen molar-refractivity contribution in [1.82, 2.24) is 14.5 Å². The van der Waals surface area contributed by atoms with Crippen LogP contribution in [0.2, 0.25) is 0 Å². The number of allylic oxidation sites excluding steroid dienone is 2. The molecule has 6 aliphatic rings. The van der Waals surface area contributed by atoms with Crippen LogP contribution in [-0.4, -0.2) is 165 Å². The van der Waals surface area contributed by atoms with E-state index in [0.29, 0.717) is 57.6 Å². The largest absolute Gasteiger partial charge is 0.507 e. The summed E-state index contributed by atoms with van der Waals surface area (Å²) < 4.78 is 47.6. The summed E-state index contributed by atoms with van der Waals surface area (Å²) in [6.45, 7) is 15.2. The van der Waals surface area contributed by atoms with Crippen LogP contribution in [0.5, 0.6) is 28.7 Å². The fraction of sp³-hybridized carbons (Fsp3) is 0.508. The number of ether oxygens (including phenoxy) is 5. The molecule has 1 aromatic heterocycles. The highest BCUT2D eigenvalue weighted by Gasteiger charge is 2.50. The molecular formula is C61H75FN6O16. The van der Waals surface area contributed by atoms with Crippen molar-refractivity contribution in [2.24, 2.45) is 28.8 Å². The second-order valence-corrected chi connectivity index (χ2v) is 23.0. The van der Waals surface area contributed by atoms with Gasteiger partial charge in [0.1, 0.15) is 34.6 Å². The summed E-state index contributed by atoms with van der Waals surface area (Å²) in [6, 6.07) is 1.17. The van der Waals surface area contributed by atoms with Crippen molar-refractivity contribution in [2.45, 2.75) is 123 Å². The minimum Gasteiger partial charge on any atom is -0.507 e. The molecule has 9 atom stereocenters. The molecule has 1 amide bonds. The zero-order chi connectivity index (χ0) is 61.0. The van der Waals surface area contributed by atoms with Crippen LogP contribution in [0.25, 0.3) is 21.7 Å². The number of amides is 1. The quantitative estimate of drug-likeness (QED) is 0.0389. The minimum absolute atomic E-state index is 0.0101. The molecule has 4 aromatic rings. The zero-order valence-electron chi connectivity index (χ0n) is 48.8. The molecule has 1 saturated carbocycles. The highest BCUT2D eigenvalue weighted by molar-refractivity contribution is 6.24. The van der Waals surface area contributed by atoms with Gasteiger partial charge in [-0.05, 0) is 51.7 Å². The Kier molecular flexibility index (Phi) is 17.5. The molecule has 3 aromatic carbocycles. The van der Waals surface area contributed by atoms with Crippen LogP contribution in [0.4, 0.5) is 15.8 Å². The van der Waals surface area contributed by atoms with Crippen LogP contribution in [0.15, 0.2) is 58.3 Å². The van der Waals surface area contributed by atoms with Gasteiger partial charge in [0, 0.05) is 119 Å². The lowest BCUT2D eigenvalue weighted by molar-refractivity contribution is -0.160. The molecule has 6 heterocycles. The summed E-state index contributed by atoms with van der Waals surface area (Å²) in [4.78, 5) is 70.9. The van der Waals surface area contributed by atoms with Gasteiger partial charge in [0.25, 0.3) is 11.7 Å². The summed E-state index contributed by atoms with van der Waals surface area (Å²) in [5.74, 6) is -10.9. The molecular weight excluding hydrogens is 1090 g/mol. The number of Topliss-reactive ketones (excluding diaryl/α,β-unsaturated/α-hetero) is 1. The van der Waals surface area contributed by atoms with E-state index in [0.717, 1.165) is 18.9 Å². The number of carboxylic acids is 1. The van der Waals surface area contributed by atoms with Crippen molar-refractivity contribution in [2.75, 3.05) is 63.7 Å². The monoisotopic (exact) mass is 1170 g/mol. The third kappa shape index (κ3) is 11.2. The fourth-order valence-corrected chi connectivity index (χ4v) is 12.4. The number of fused-ring (bicyclic) bond motifs is 15. The van der Waals surface area contributed by atoms with Gasteiger partial charge in [0.2, 0.25) is 5.43 Å². The number of phenolic OH excluding ortho intramolecular Hbond substituents is 3. The topological polar surface area (TPSA) is 292 Å². The van der Waals surface area contributed by atoms with E-state index >= 15 is 4.39 Å². The highest BCUT2D eigenvalue weighted by Crippen LogP contribution is 2.55. The van der Waals surface area contributed by atoms with Gasteiger partial charge in [0.15, 0.2) is 17.3 Å². The predicted molar refractivity (Wildman–Crippen MR) is 310 cm³/mol. The number of rotatable bonds is 9. The SMILES string of the molecule is COc1c(N2CCN(C3CCN(/N=C\c4c5c(O)c6c(O)c(C)c7c(c6c4O)C(=O)[C@@](C)(O/C=C/[C@H](OC)[C@@H](C)[C@@H](OC(C)=O)[C@H](C)[C@H](O)[C@H](C)[C@@H](O)[C@@H](C)/C=C/C=C(/C)C(=O)N5)O7)CC3)CC2)c(F)cc2c(=O)c(C(=O)O)cn(C3CC3)c12. The average Bonchev–Trinajstić information content (AvgIpc) is 1.55. The number of piperazine rings is 1. The van der Waals surface area contributed by atoms with E-state index in [2.05, 4.69) is 10.2 Å². The number of aromatic carboxylic acids is 1. The number of methoxy groups -OCH3 is 2. The molecule has 84 heavy (non-hydrogen) atoms. The average molecular weight is 1170 g/mol. The second kappa shape index (κ2) is 24.1. The van der Waals surface area contributed by atoms with Gasteiger partial charge in [-0.25, -0.2) is 9.18 Å². The maximum atomic E-state index is 16.2. The number of phenols is 3. The number of anilines is 2. The fourth-order valence-electron chi connectivity index (χ4n) is 12.4. The number of hydrazone groups is 1. The van der Waals surface area contributed by atoms with Crippen LogP contribution < -0.4 is 25.1 Å². The smallest absolute Gasteiger partial charge is 0.341 e. The number of aromatic nitrogens is 1. The predicted octanol–water partition coefficient (Wildman–Crippen LogP) is 6.87. The Morgan fingerprint density at radius 2 is 1.55 bits per heavy atom. The van der Waals surface area contributed by atoms with Gasteiger partial charge in [-0.2, -0.15) is 5.10 Å². The van der Waals surface area contributed by atoms with Crippen molar-refractivity contribution in [3.63, 3.8) is 0 Å². The van der Waals surface area contributed by atoms with Crippen molar-refractivity contribution in [3.8, 4) is 28.7 Å². The maximum absolute atomic E-state index is 16.2. The summed E-state index contributed by atoms with van der Waals surface area (Å²) in [6.07, 6.45) is 8.73. The molecule has 452 valence electrons. The molecule has 3 fully saturated rings. The molecule has 0 radical (unpaired) electrons. The van der Waals surface area contributed by atoms with Crippen LogP contribution >= 0.6 is 0 Å². The summed E-state index contributed by atoms with van der Waals surface area (Å²) >= 11 is 0. The summed E-state index contributed by atoms with van der Waals surface area (Å²) in [5, 5.41) is 78.0. The first-order chi connectivity index (χ1) is 39.8. The third-order valence-electron chi connectivity index (χ3n) is 17.5. The van der Waals surface area contributed by atoms with Gasteiger partial charge < -0.3 is 69.1 Å². The number of benzene rings is 3. The number of hydrogen-bond donors (Lipinski definition) is 7. The third-order valence-corrected chi connectivity index (χ3v) is 17.5. The van der Waals surface area contributed by atoms with E-state index in [1.165, 1.54) is 72.7 Å². The van der Waals surface area contributed by atoms with Crippen molar-refractivity contribution >= 4 is 62.9 Å². The van der Waals surface area contributed by atoms with E-state index in [-0.39, 0.29) is 73.4 Å². The Morgan fingerprint density at radius 1 is 0.869 bits per heavy atom. The van der Waals surface area contributed by atoms with Crippen LogP contribution in [0.3, 0.4) is 0 Å². The normalized spacial score (nSPS) is 28.3. The van der Waals surface area contributed by atoms with Gasteiger partial charge in [-0.1, -0.05) is 45.9 Å². The van der Waals surface area contributed by atoms with Crippen LogP contribution in [-0.2, 0) is 23.8 Å². The Bertz CT molecular complexity index is 3470. The van der Waals surface area contributed by atoms with Crippen molar-refractivity contribution < 1.29 is 77.9 Å². The number of hydrogen-bond acceptors (Lipinski definition) is 19. The van der Waals surface area contributed by atoms with E-state index in [4.69, 9.17) is 28.8 Å². The van der Waals surface area contributed by atoms with E-state index in [1.54, 1.807) is 49.4 Å². The highest BCUT2D eigenvalue weighted by atomic mass is 19.1. The molecule has 0 unspecified atom stereocenters. The lowest BCUT2D eigenvalue weighted by atomic mass is 9.78. The van der Waals surface area contributed by atoms with E-state index < -0.39 is 112 Å². The number of carboxylic acid groups (broad SMARTS) is 1. The van der Waals surface area contributed by atoms with Crippen molar-refractivity contribution in [1.29, 1.82) is 0 Å². The summed E-state index contributed by atoms with van der Waals surface area (Å²) in [5.41, 5.74) is -1.28. The maximum Gasteiger partial charge on any atom is 0.341 e. The molecule has 5 aliphatic heterocycles. The standard InChI is InChI=1S/C61H75FN6O16/c1-29-12-11-13-30(2)59(77)64-46-39(27-63-67-19-16-36(17-20-67)65-21-23-66(24-22-65)48-41(62)26-38-47(57(48)81-10)68(37-14-15-37)28-40(52(38)73)60(78)79)53(74)43-44(54(46)75)51(72)34(6)56-45(43)58(76)61(8,84-56)82-25-18-42(80-9)31(3)55(83-35(7)69)33(5)50(71)32(4)49(29)70/h11-13,18,25-29,31-33,36-37,42,49-50,55,70-72,74-75H,14-17,19-24H2,1-10H3,(H,64,77)(H,78,79)/b12-11+,25-18+,30-13-,63-27-/t29-,31+,32+,33+,42-,49-,50+,55+,61-/m0/s1. The number of esters is 1. The van der Waals surface area contributed by atoms with Crippen molar-refractivity contribution in [3.05, 3.63) is 86.7 Å². The molecule has 0 spiro atoms. The van der Waals surface area contributed by atoms with E-state index in [9.17, 15) is 54.6 Å². The molecule has 23 heteroatoms. The summed E-state index contributed by atoms with van der Waals surface area (Å²) in [7, 11) is 2.83. The lowest BCUT2D eigenvalue weighted by Gasteiger charge is -2.43. The number of aliphatic hydroxyl groups excluding tert-OH is 2. The number of ketones is 1. The Morgan fingerprint density at radius 3 is 2.17 bits per heavy atom. The van der Waals surface area contributed by atoms with Gasteiger partial charge in [0.05, 0.1) is 71.0 Å². The number of nitrogens with zero attached hydrogens (tertiary/aromatic N) is 5. The number of carbonyl (C=O) groups is 4. The first-order valence-corrected chi connectivity index (χ1v) is 28.4. The Balaban J connectivity index is 1.01. The molecule has 2 saturated heterocycles. The van der Waals surface area contributed by atoms with Crippen LogP contribution in [0.1, 0.15) is 112 Å². The number of aromatic hydroxyl groups is 3. The molecule has 10 rings (SSSR count). The number of piperidine rings is 1. The Labute approximate surface area is 485 Å². The first-order valence-electron chi connectivity index (χ1n) is 28.4. The number of pyridine rings is 1. The lowest BCUT2D eigenvalue weighted by Crippen LogP contribution is -2.53. The van der Waals surface area contributed by atoms with E-state index in [1.807, 2.05) is 4.90 Å². The molecule has 22 nitrogen and oxygen atoms in total. The zero-order valence-corrected chi connectivity index (χ0v) is 48.8. The van der Waals surface area contributed by atoms with Crippen LogP contribution in [0, 0.1) is 36.4 Å². The number of aliphatic hydroxyl groups is 2. The number of halogens is 1. The number of carbonyl (C=O) groups excluding carboxylic acids is 3. The Hall–Kier alpha value is -7.73. The first kappa shape index (κ1) is 60.8. The molecule has 5 bridgehead atoms. The number of nitrogens with one attached hydrogen (secondary N) is 1. The molecule has 1 aliphatic carbocycles. The second-order valence-electron chi connectivity index (χ2n) is 23.0. The van der Waals surface area contributed by atoms with Gasteiger partial charge in [-0.15, -0.1) is 0 Å². The van der Waals surface area contributed by atoms with Gasteiger partial charge >= 0.3 is 17.7 Å². The molecule has 7 N–H and O–H groups in total. The van der Waals surface area contributed by atoms with Gasteiger partial charge in [-0.3, -0.25) is 29.1 Å².